The molecule has 0 aromatic heterocycles. The number of nitrogens with one attached hydrogen (secondary N) is 1. The number of rotatable bonds is 6. The molecule has 21 heavy (non-hydrogen) atoms. The normalized spacial score (nSPS) is 24.2. The number of benzene rings is 1. The van der Waals surface area contributed by atoms with Crippen molar-refractivity contribution < 1.29 is 9.47 Å². The van der Waals surface area contributed by atoms with Crippen LogP contribution in [-0.2, 0) is 11.3 Å². The monoisotopic (exact) mass is 353 g/mol. The van der Waals surface area contributed by atoms with Crippen molar-refractivity contribution in [1.29, 1.82) is 0 Å². The fraction of sp³-hybridized carbons (Fsp3) is 0.647. The Morgan fingerprint density at radius 3 is 2.76 bits per heavy atom. The third kappa shape index (κ3) is 4.44. The topological polar surface area (TPSA) is 30.5 Å². The summed E-state index contributed by atoms with van der Waals surface area (Å²) in [7, 11) is 0. The molecule has 1 aliphatic heterocycles. The first-order valence-corrected chi connectivity index (χ1v) is 8.63. The average molecular weight is 354 g/mol. The van der Waals surface area contributed by atoms with Crippen molar-refractivity contribution in [3.63, 3.8) is 0 Å². The fourth-order valence-corrected chi connectivity index (χ4v) is 3.24. The van der Waals surface area contributed by atoms with Crippen molar-refractivity contribution in [1.82, 2.24) is 5.32 Å². The first-order chi connectivity index (χ1) is 10.0. The van der Waals surface area contributed by atoms with E-state index in [1.165, 1.54) is 18.4 Å². The molecule has 3 nitrogen and oxygen atoms in total. The maximum absolute atomic E-state index is 5.96. The van der Waals surface area contributed by atoms with Crippen molar-refractivity contribution in [3.05, 3.63) is 28.2 Å². The molecule has 1 aromatic rings. The second kappa shape index (κ2) is 6.27. The zero-order valence-electron chi connectivity index (χ0n) is 12.8. The Morgan fingerprint density at radius 2 is 2.14 bits per heavy atom. The lowest BCUT2D eigenvalue weighted by Crippen LogP contribution is -2.24. The molecule has 0 bridgehead atoms. The van der Waals surface area contributed by atoms with E-state index in [-0.39, 0.29) is 11.7 Å². The molecule has 116 valence electrons. The van der Waals surface area contributed by atoms with Crippen LogP contribution < -0.4 is 10.1 Å². The summed E-state index contributed by atoms with van der Waals surface area (Å²) in [5.74, 6) is 0.901. The van der Waals surface area contributed by atoms with Gasteiger partial charge in [0.1, 0.15) is 12.4 Å². The van der Waals surface area contributed by atoms with Crippen molar-refractivity contribution in [2.24, 2.45) is 0 Å². The molecule has 2 aliphatic rings. The molecular weight excluding hydrogens is 330 g/mol. The Kier molecular flexibility index (Phi) is 4.57. The molecule has 1 aromatic carbocycles. The van der Waals surface area contributed by atoms with E-state index in [4.69, 9.17) is 9.47 Å². The zero-order valence-corrected chi connectivity index (χ0v) is 14.4. The highest BCUT2D eigenvalue weighted by Gasteiger charge is 2.32. The SMILES string of the molecule is CC1(C)CCC(COc2ccc(CNC3CC3)cc2Br)O1. The van der Waals surface area contributed by atoms with Gasteiger partial charge in [-0.1, -0.05) is 6.07 Å². The maximum Gasteiger partial charge on any atom is 0.133 e. The Bertz CT molecular complexity index is 500. The maximum atomic E-state index is 5.96. The summed E-state index contributed by atoms with van der Waals surface area (Å²) in [5.41, 5.74) is 1.29. The Labute approximate surface area is 135 Å². The van der Waals surface area contributed by atoms with Gasteiger partial charge in [0.2, 0.25) is 0 Å². The molecule has 1 saturated carbocycles. The van der Waals surface area contributed by atoms with Gasteiger partial charge in [0.25, 0.3) is 0 Å². The van der Waals surface area contributed by atoms with Crippen LogP contribution in [0.15, 0.2) is 22.7 Å². The summed E-state index contributed by atoms with van der Waals surface area (Å²) in [6, 6.07) is 7.07. The van der Waals surface area contributed by atoms with Crippen molar-refractivity contribution in [2.45, 2.75) is 63.8 Å². The van der Waals surface area contributed by atoms with Crippen LogP contribution in [0.25, 0.3) is 0 Å². The van der Waals surface area contributed by atoms with E-state index in [1.54, 1.807) is 0 Å². The third-order valence-electron chi connectivity index (χ3n) is 4.15. The quantitative estimate of drug-likeness (QED) is 0.837. The summed E-state index contributed by atoms with van der Waals surface area (Å²) in [6.45, 7) is 5.85. The molecule has 1 aliphatic carbocycles. The molecule has 1 saturated heterocycles. The minimum atomic E-state index is 0.00357. The van der Waals surface area contributed by atoms with Gasteiger partial charge in [-0.15, -0.1) is 0 Å². The Hall–Kier alpha value is -0.580. The van der Waals surface area contributed by atoms with Crippen LogP contribution >= 0.6 is 15.9 Å². The minimum Gasteiger partial charge on any atom is -0.490 e. The van der Waals surface area contributed by atoms with Crippen molar-refractivity contribution in [2.75, 3.05) is 6.61 Å². The zero-order chi connectivity index (χ0) is 14.9. The first-order valence-electron chi connectivity index (χ1n) is 7.84. The van der Waals surface area contributed by atoms with Gasteiger partial charge in [0.15, 0.2) is 0 Å². The largest absolute Gasteiger partial charge is 0.490 e. The van der Waals surface area contributed by atoms with Gasteiger partial charge < -0.3 is 14.8 Å². The highest BCUT2D eigenvalue weighted by molar-refractivity contribution is 9.10. The van der Waals surface area contributed by atoms with Crippen LogP contribution in [-0.4, -0.2) is 24.4 Å². The second-order valence-corrected chi connectivity index (χ2v) is 7.62. The summed E-state index contributed by atoms with van der Waals surface area (Å²) in [4.78, 5) is 0. The van der Waals surface area contributed by atoms with Crippen LogP contribution in [0.4, 0.5) is 0 Å². The predicted octanol–water partition coefficient (Wildman–Crippen LogP) is 4.04. The van der Waals surface area contributed by atoms with Crippen LogP contribution in [0.5, 0.6) is 5.75 Å². The molecule has 1 N–H and O–H groups in total. The van der Waals surface area contributed by atoms with E-state index in [2.05, 4.69) is 47.2 Å². The lowest BCUT2D eigenvalue weighted by molar-refractivity contribution is -0.0327. The Balaban J connectivity index is 1.50. The Morgan fingerprint density at radius 1 is 1.33 bits per heavy atom. The molecular formula is C17H24BrNO2. The number of hydrogen-bond donors (Lipinski definition) is 1. The highest BCUT2D eigenvalue weighted by atomic mass is 79.9. The highest BCUT2D eigenvalue weighted by Crippen LogP contribution is 2.31. The number of ether oxygens (including phenoxy) is 2. The summed E-state index contributed by atoms with van der Waals surface area (Å²) in [6.07, 6.45) is 5.03. The molecule has 1 unspecified atom stereocenters. The summed E-state index contributed by atoms with van der Waals surface area (Å²) < 4.78 is 12.9. The van der Waals surface area contributed by atoms with E-state index in [1.807, 2.05) is 6.07 Å². The second-order valence-electron chi connectivity index (χ2n) is 6.77. The van der Waals surface area contributed by atoms with Gasteiger partial charge in [-0.3, -0.25) is 0 Å². The van der Waals surface area contributed by atoms with E-state index in [0.29, 0.717) is 6.61 Å². The minimum absolute atomic E-state index is 0.00357. The molecule has 0 amide bonds. The van der Waals surface area contributed by atoms with Crippen LogP contribution in [0.1, 0.15) is 45.1 Å². The summed E-state index contributed by atoms with van der Waals surface area (Å²) in [5, 5.41) is 3.52. The van der Waals surface area contributed by atoms with Crippen molar-refractivity contribution >= 4 is 15.9 Å². The standard InChI is InChI=1S/C17H24BrNO2/c1-17(2)8-7-14(21-17)11-20-16-6-3-12(9-15(16)18)10-19-13-4-5-13/h3,6,9,13-14,19H,4-5,7-8,10-11H2,1-2H3. The van der Waals surface area contributed by atoms with Gasteiger partial charge in [0.05, 0.1) is 16.2 Å². The molecule has 0 spiro atoms. The van der Waals surface area contributed by atoms with Gasteiger partial charge in [-0.25, -0.2) is 0 Å². The van der Waals surface area contributed by atoms with E-state index >= 15 is 0 Å². The lowest BCUT2D eigenvalue weighted by atomic mass is 10.1. The molecule has 2 fully saturated rings. The van der Waals surface area contributed by atoms with Gasteiger partial charge >= 0.3 is 0 Å². The van der Waals surface area contributed by atoms with Gasteiger partial charge in [-0.2, -0.15) is 0 Å². The van der Waals surface area contributed by atoms with Crippen molar-refractivity contribution in [3.8, 4) is 5.75 Å². The van der Waals surface area contributed by atoms with Gasteiger partial charge in [0, 0.05) is 12.6 Å². The smallest absolute Gasteiger partial charge is 0.133 e. The van der Waals surface area contributed by atoms with E-state index in [9.17, 15) is 0 Å². The third-order valence-corrected chi connectivity index (χ3v) is 4.77. The predicted molar refractivity (Wildman–Crippen MR) is 87.7 cm³/mol. The first kappa shape index (κ1) is 15.3. The van der Waals surface area contributed by atoms with Gasteiger partial charge in [-0.05, 0) is 73.2 Å². The summed E-state index contributed by atoms with van der Waals surface area (Å²) >= 11 is 3.61. The lowest BCUT2D eigenvalue weighted by Gasteiger charge is -2.19. The number of hydrogen-bond acceptors (Lipinski definition) is 3. The van der Waals surface area contributed by atoms with E-state index < -0.39 is 0 Å². The average Bonchev–Trinajstić information content (AvgIpc) is 3.19. The molecule has 1 atom stereocenters. The molecule has 1 heterocycles. The molecule has 4 heteroatoms. The fourth-order valence-electron chi connectivity index (χ4n) is 2.70. The number of halogens is 1. The molecule has 3 rings (SSSR count). The van der Waals surface area contributed by atoms with E-state index in [0.717, 1.165) is 35.7 Å². The van der Waals surface area contributed by atoms with Crippen LogP contribution in [0.2, 0.25) is 0 Å². The van der Waals surface area contributed by atoms with Crippen LogP contribution in [0, 0.1) is 0 Å². The molecule has 0 radical (unpaired) electrons. The van der Waals surface area contributed by atoms with Crippen LogP contribution in [0.3, 0.4) is 0 Å².